The molecular weight excluding hydrogens is 540 g/mol. The van der Waals surface area contributed by atoms with Crippen molar-refractivity contribution in [3.63, 3.8) is 0 Å². The van der Waals surface area contributed by atoms with Crippen LogP contribution in [0.5, 0.6) is 0 Å². The topological polar surface area (TPSA) is 118 Å². The van der Waals surface area contributed by atoms with Gasteiger partial charge in [-0.05, 0) is 56.7 Å². The summed E-state index contributed by atoms with van der Waals surface area (Å²) in [7, 11) is -3.88. The van der Waals surface area contributed by atoms with Gasteiger partial charge in [0.25, 0.3) is 5.91 Å². The maximum atomic E-state index is 14.6. The van der Waals surface area contributed by atoms with Gasteiger partial charge in [0.05, 0.1) is 28.9 Å². The van der Waals surface area contributed by atoms with Gasteiger partial charge in [-0.1, -0.05) is 23.7 Å². The van der Waals surface area contributed by atoms with Gasteiger partial charge in [-0.2, -0.15) is 0 Å². The number of rotatable bonds is 6. The Bertz CT molecular complexity index is 1750. The van der Waals surface area contributed by atoms with E-state index in [2.05, 4.69) is 10.3 Å². The van der Waals surface area contributed by atoms with Crippen LogP contribution in [0.15, 0.2) is 51.7 Å². The number of halogens is 3. The number of benzene rings is 2. The second kappa shape index (κ2) is 10.1. The molecule has 0 bridgehead atoms. The van der Waals surface area contributed by atoms with Crippen molar-refractivity contribution >= 4 is 44.2 Å². The molecule has 12 heteroatoms. The first-order valence-electron chi connectivity index (χ1n) is 11.2. The molecule has 2 aromatic heterocycles. The molecule has 0 aliphatic rings. The first-order valence-corrected chi connectivity index (χ1v) is 13.5. The van der Waals surface area contributed by atoms with Crippen molar-refractivity contribution in [3.05, 3.63) is 91.9 Å². The third-order valence-electron chi connectivity index (χ3n) is 5.77. The number of hydrogen-bond donors (Lipinski definition) is 2. The van der Waals surface area contributed by atoms with Crippen molar-refractivity contribution in [1.29, 1.82) is 0 Å². The standard InChI is InChI=1S/C26H22ClF2N3O5S/c1-12-10-15(14(3)30-19-8-9-20(27)31-22(19)26(34)32-38(4,35)36)25-16(11-12)23(33)13(2)24(37-25)21-17(28)6-5-7-18(21)29/h5-11,14,30H,1-4H3,(H,32,34). The Balaban J connectivity index is 1.88. The van der Waals surface area contributed by atoms with Crippen LogP contribution in [0.25, 0.3) is 22.3 Å². The van der Waals surface area contributed by atoms with E-state index < -0.39 is 44.6 Å². The molecule has 2 heterocycles. The number of aromatic nitrogens is 1. The molecule has 0 saturated carbocycles. The molecular formula is C26H22ClF2N3O5S. The van der Waals surface area contributed by atoms with Crippen LogP contribution < -0.4 is 15.5 Å². The molecule has 0 aliphatic carbocycles. The summed E-state index contributed by atoms with van der Waals surface area (Å²) < 4.78 is 60.3. The number of carbonyl (C=O) groups excluding carboxylic acids is 1. The second-order valence-corrected chi connectivity index (χ2v) is 10.9. The van der Waals surface area contributed by atoms with Gasteiger partial charge in [0, 0.05) is 11.1 Å². The number of sulfonamides is 1. The number of fused-ring (bicyclic) bond motifs is 1. The van der Waals surface area contributed by atoms with Gasteiger partial charge in [-0.25, -0.2) is 26.9 Å². The number of anilines is 1. The summed E-state index contributed by atoms with van der Waals surface area (Å²) in [5.74, 6) is -3.01. The first-order chi connectivity index (χ1) is 17.8. The summed E-state index contributed by atoms with van der Waals surface area (Å²) in [5, 5.41) is 3.23. The van der Waals surface area contributed by atoms with E-state index in [1.807, 2.05) is 4.72 Å². The van der Waals surface area contributed by atoms with Crippen LogP contribution in [-0.2, 0) is 10.0 Å². The fraction of sp³-hybridized carbons (Fsp3) is 0.192. The molecule has 1 amide bonds. The van der Waals surface area contributed by atoms with Crippen molar-refractivity contribution in [3.8, 4) is 11.3 Å². The third kappa shape index (κ3) is 5.39. The summed E-state index contributed by atoms with van der Waals surface area (Å²) in [6.45, 7) is 4.90. The Morgan fingerprint density at radius 2 is 1.76 bits per heavy atom. The highest BCUT2D eigenvalue weighted by molar-refractivity contribution is 7.89. The molecule has 38 heavy (non-hydrogen) atoms. The Morgan fingerprint density at radius 3 is 2.39 bits per heavy atom. The average molecular weight is 562 g/mol. The molecule has 2 N–H and O–H groups in total. The van der Waals surface area contributed by atoms with Crippen molar-refractivity contribution < 1.29 is 26.4 Å². The van der Waals surface area contributed by atoms with Gasteiger partial charge < -0.3 is 9.73 Å². The van der Waals surface area contributed by atoms with E-state index in [4.69, 9.17) is 16.0 Å². The summed E-state index contributed by atoms with van der Waals surface area (Å²) in [4.78, 5) is 29.8. The maximum Gasteiger partial charge on any atom is 0.285 e. The van der Waals surface area contributed by atoms with Crippen LogP contribution in [0.4, 0.5) is 14.5 Å². The fourth-order valence-corrected chi connectivity index (χ4v) is 4.68. The van der Waals surface area contributed by atoms with Crippen LogP contribution in [-0.4, -0.2) is 25.6 Å². The molecule has 0 saturated heterocycles. The van der Waals surface area contributed by atoms with E-state index in [1.54, 1.807) is 26.0 Å². The highest BCUT2D eigenvalue weighted by Crippen LogP contribution is 2.34. The van der Waals surface area contributed by atoms with Crippen LogP contribution in [0.3, 0.4) is 0 Å². The minimum Gasteiger partial charge on any atom is -0.455 e. The summed E-state index contributed by atoms with van der Waals surface area (Å²) in [6, 6.07) is 8.87. The van der Waals surface area contributed by atoms with E-state index in [0.717, 1.165) is 18.4 Å². The number of aryl methyl sites for hydroxylation is 1. The van der Waals surface area contributed by atoms with Gasteiger partial charge in [-0.15, -0.1) is 0 Å². The summed E-state index contributed by atoms with van der Waals surface area (Å²) in [5.41, 5.74) is 0.237. The molecule has 198 valence electrons. The van der Waals surface area contributed by atoms with Gasteiger partial charge in [0.2, 0.25) is 10.0 Å². The molecule has 1 atom stereocenters. The zero-order valence-electron chi connectivity index (χ0n) is 20.6. The monoisotopic (exact) mass is 561 g/mol. The average Bonchev–Trinajstić information content (AvgIpc) is 2.82. The zero-order valence-corrected chi connectivity index (χ0v) is 22.2. The van der Waals surface area contributed by atoms with Crippen LogP contribution in [0.2, 0.25) is 5.15 Å². The highest BCUT2D eigenvalue weighted by atomic mass is 35.5. The molecule has 1 unspecified atom stereocenters. The van der Waals surface area contributed by atoms with Gasteiger partial charge in [0.1, 0.15) is 28.1 Å². The minimum absolute atomic E-state index is 0.0408. The fourth-order valence-electron chi connectivity index (χ4n) is 4.10. The van der Waals surface area contributed by atoms with E-state index in [1.165, 1.54) is 25.1 Å². The van der Waals surface area contributed by atoms with Crippen molar-refractivity contribution in [1.82, 2.24) is 9.71 Å². The number of hydrogen-bond acceptors (Lipinski definition) is 7. The third-order valence-corrected chi connectivity index (χ3v) is 6.54. The van der Waals surface area contributed by atoms with Crippen LogP contribution >= 0.6 is 11.6 Å². The van der Waals surface area contributed by atoms with E-state index in [9.17, 15) is 26.8 Å². The lowest BCUT2D eigenvalue weighted by atomic mass is 9.98. The number of amides is 1. The van der Waals surface area contributed by atoms with E-state index in [0.29, 0.717) is 11.1 Å². The van der Waals surface area contributed by atoms with Gasteiger partial charge in [-0.3, -0.25) is 9.59 Å². The Morgan fingerprint density at radius 1 is 1.11 bits per heavy atom. The predicted octanol–water partition coefficient (Wildman–Crippen LogP) is 5.27. The number of pyridine rings is 1. The van der Waals surface area contributed by atoms with Gasteiger partial charge >= 0.3 is 0 Å². The van der Waals surface area contributed by atoms with Crippen molar-refractivity contribution in [2.75, 3.05) is 11.6 Å². The molecule has 2 aromatic carbocycles. The summed E-state index contributed by atoms with van der Waals surface area (Å²) in [6.07, 6.45) is 0.823. The largest absolute Gasteiger partial charge is 0.455 e. The lowest BCUT2D eigenvalue weighted by molar-refractivity contribution is 0.0977. The molecule has 0 fully saturated rings. The van der Waals surface area contributed by atoms with Crippen molar-refractivity contribution in [2.45, 2.75) is 26.8 Å². The molecule has 0 spiro atoms. The Kier molecular flexibility index (Phi) is 7.26. The highest BCUT2D eigenvalue weighted by Gasteiger charge is 2.24. The Labute approximate surface area is 221 Å². The van der Waals surface area contributed by atoms with Crippen LogP contribution in [0, 0.1) is 25.5 Å². The molecule has 4 aromatic rings. The quantitative estimate of drug-likeness (QED) is 0.308. The molecule has 4 rings (SSSR count). The first kappa shape index (κ1) is 27.2. The number of nitrogens with zero attached hydrogens (tertiary/aromatic N) is 1. The Hall–Kier alpha value is -3.83. The smallest absolute Gasteiger partial charge is 0.285 e. The SMILES string of the molecule is Cc1cc(C(C)Nc2ccc(Cl)nc2C(=O)NS(C)(=O)=O)c2oc(-c3c(F)cccc3F)c(C)c(=O)c2c1. The van der Waals surface area contributed by atoms with E-state index >= 15 is 0 Å². The van der Waals surface area contributed by atoms with Crippen LogP contribution in [0.1, 0.15) is 40.1 Å². The molecule has 0 radical (unpaired) electrons. The van der Waals surface area contributed by atoms with Gasteiger partial charge in [0.15, 0.2) is 11.1 Å². The predicted molar refractivity (Wildman–Crippen MR) is 141 cm³/mol. The van der Waals surface area contributed by atoms with Crippen molar-refractivity contribution in [2.24, 2.45) is 0 Å². The normalized spacial score (nSPS) is 12.4. The number of carbonyl (C=O) groups is 1. The maximum absolute atomic E-state index is 14.6. The second-order valence-electron chi connectivity index (χ2n) is 8.81. The summed E-state index contributed by atoms with van der Waals surface area (Å²) >= 11 is 5.94. The lowest BCUT2D eigenvalue weighted by Gasteiger charge is -2.20. The van der Waals surface area contributed by atoms with E-state index in [-0.39, 0.29) is 38.8 Å². The number of nitrogens with one attached hydrogen (secondary N) is 2. The molecule has 8 nitrogen and oxygen atoms in total. The zero-order chi connectivity index (χ0) is 27.9. The minimum atomic E-state index is -3.88. The molecule has 0 aliphatic heterocycles. The lowest BCUT2D eigenvalue weighted by Crippen LogP contribution is -2.31.